The van der Waals surface area contributed by atoms with Crippen molar-refractivity contribution in [2.75, 3.05) is 63.6 Å². The summed E-state index contributed by atoms with van der Waals surface area (Å²) < 4.78 is 24.6. The number of carboxylic acids is 2. The number of nitrogens with zero attached hydrogens (tertiary/aromatic N) is 1. The largest absolute Gasteiger partial charge is 0.478 e. The van der Waals surface area contributed by atoms with Gasteiger partial charge in [-0.2, -0.15) is 0 Å². The van der Waals surface area contributed by atoms with Gasteiger partial charge in [0.2, 0.25) is 5.36 Å². The van der Waals surface area contributed by atoms with Crippen molar-refractivity contribution in [3.63, 3.8) is 0 Å². The first-order chi connectivity index (χ1) is 39.4. The van der Waals surface area contributed by atoms with Crippen molar-refractivity contribution in [2.24, 2.45) is 4.99 Å². The molecule has 0 radical (unpaired) electrons. The zero-order chi connectivity index (χ0) is 56.5. The highest BCUT2D eigenvalue weighted by atomic mass is 16.6. The van der Waals surface area contributed by atoms with Crippen molar-refractivity contribution in [2.45, 2.75) is 13.0 Å². The van der Waals surface area contributed by atoms with E-state index in [2.05, 4.69) is 31.3 Å². The molecule has 0 amide bonds. The van der Waals surface area contributed by atoms with Gasteiger partial charge in [0.05, 0.1) is 28.1 Å². The second kappa shape index (κ2) is 22.6. The third kappa shape index (κ3) is 9.63. The number of esters is 1. The Balaban J connectivity index is 0.000000137. The molecule has 13 rings (SSSR count). The molecule has 15 heteroatoms. The van der Waals surface area contributed by atoms with Crippen LogP contribution >= 0.6 is 0 Å². The number of carboxylic acid groups (broad SMARTS) is 2. The summed E-state index contributed by atoms with van der Waals surface area (Å²) in [4.78, 5) is 43.7. The molecule has 4 heterocycles. The van der Waals surface area contributed by atoms with Crippen LogP contribution in [0.1, 0.15) is 55.2 Å². The van der Waals surface area contributed by atoms with Crippen molar-refractivity contribution in [1.29, 1.82) is 0 Å². The summed E-state index contributed by atoms with van der Waals surface area (Å²) in [5.41, 5.74) is 12.4. The van der Waals surface area contributed by atoms with Crippen LogP contribution in [0.4, 0.5) is 22.7 Å². The van der Waals surface area contributed by atoms with E-state index in [1.54, 1.807) is 31.3 Å². The van der Waals surface area contributed by atoms with Gasteiger partial charge in [-0.1, -0.05) is 62.0 Å². The number of nitrogens with one attached hydrogen (secondary N) is 5. The highest BCUT2D eigenvalue weighted by Gasteiger charge is 2.53. The number of anilines is 4. The van der Waals surface area contributed by atoms with Gasteiger partial charge < -0.3 is 49.8 Å². The molecular formula is C67H59N6O9+. The van der Waals surface area contributed by atoms with Gasteiger partial charge in [-0.05, 0) is 96.1 Å². The van der Waals surface area contributed by atoms with Gasteiger partial charge in [0.25, 0.3) is 0 Å². The first-order valence-corrected chi connectivity index (χ1v) is 26.0. The summed E-state index contributed by atoms with van der Waals surface area (Å²) in [6.07, 6.45) is 0. The summed E-state index contributed by atoms with van der Waals surface area (Å²) in [5.74, 6) is 0.469. The molecule has 0 atom stereocenters. The van der Waals surface area contributed by atoms with E-state index >= 15 is 0 Å². The van der Waals surface area contributed by atoms with Crippen LogP contribution in [-0.4, -0.2) is 70.4 Å². The van der Waals surface area contributed by atoms with E-state index in [9.17, 15) is 24.6 Å². The maximum absolute atomic E-state index is 12.7. The smallest absolute Gasteiger partial charge is 0.340 e. The number of fused-ring (bicyclic) bond motifs is 10. The summed E-state index contributed by atoms with van der Waals surface area (Å²) in [6, 6.07) is 56.6. The lowest BCUT2D eigenvalue weighted by molar-refractivity contribution is -0.465. The quantitative estimate of drug-likeness (QED) is 0.0558. The van der Waals surface area contributed by atoms with E-state index < -0.39 is 17.5 Å². The number of carbonyl (C=O) groups is 3. The van der Waals surface area contributed by atoms with E-state index in [1.165, 1.54) is 0 Å². The molecule has 0 saturated carbocycles. The minimum Gasteiger partial charge on any atom is -0.478 e. The number of hydrogen-bond donors (Lipinski definition) is 7. The van der Waals surface area contributed by atoms with Crippen molar-refractivity contribution in [1.82, 2.24) is 0 Å². The molecule has 0 unspecified atom stereocenters. The molecule has 0 bridgehead atoms. The summed E-state index contributed by atoms with van der Waals surface area (Å²) in [5, 5.41) is 35.3. The molecule has 6 aliphatic rings. The van der Waals surface area contributed by atoms with Crippen molar-refractivity contribution in [3.05, 3.63) is 226 Å². The number of rotatable bonds is 8. The van der Waals surface area contributed by atoms with Crippen LogP contribution in [0.5, 0.6) is 11.5 Å². The summed E-state index contributed by atoms with van der Waals surface area (Å²) in [7, 11) is 11.0. The Kier molecular flexibility index (Phi) is 15.1. The predicted molar refractivity (Wildman–Crippen MR) is 322 cm³/mol. The molecule has 4 aliphatic heterocycles. The molecule has 410 valence electrons. The second-order valence-electron chi connectivity index (χ2n) is 19.1. The molecule has 1 spiro atoms. The van der Waals surface area contributed by atoms with Crippen LogP contribution in [0.25, 0.3) is 66.8 Å². The summed E-state index contributed by atoms with van der Waals surface area (Å²) >= 11 is 0. The van der Waals surface area contributed by atoms with E-state index in [4.69, 9.17) is 18.3 Å². The lowest BCUT2D eigenvalue weighted by atomic mass is 9.77. The summed E-state index contributed by atoms with van der Waals surface area (Å²) in [6.45, 7) is 0. The molecule has 0 fully saturated rings. The van der Waals surface area contributed by atoms with Crippen molar-refractivity contribution >= 4 is 62.6 Å². The SMILES string of the molecule is C.CN=c1ccc2c(-c3ccccc3C(=O)O)c3ccc(NC)cc3oc-2c1.CNc1ccc2c(-c3ccccc3C(=O)O)c3ccc(=[NH+]C)cc-3oc2c1.CNc1ccc2c(c1)Oc1cc(NC)ccc1C21OC(=O)c2ccccc21. The minimum atomic E-state index is -1.00. The standard InChI is InChI=1S/3C22H18N2O3.CH4/c1-23-13-7-9-17-19(11-13)26-20-12-14(24-2)8-10-18(20)22(17)16-6-4-3-5-15(16)21(25)27-22;2*1-23-13-7-9-17-19(11-13)27-20-12-14(24-2)8-10-18(20)21(17)15-5-3-4-6-16(15)22(25)26;/h3-12,23-24H,1-2H3;2*3-12,23H,1-2H3,(H,25,26);1H4/p+1. The molecule has 7 N–H and O–H groups in total. The molecule has 7 aromatic carbocycles. The van der Waals surface area contributed by atoms with Crippen LogP contribution in [0.15, 0.2) is 196 Å². The molecule has 7 aromatic rings. The first kappa shape index (κ1) is 54.7. The average molecular weight is 1090 g/mol. The molecule has 82 heavy (non-hydrogen) atoms. The molecule has 15 nitrogen and oxygen atoms in total. The Labute approximate surface area is 472 Å². The number of aromatic carboxylic acids is 2. The maximum atomic E-state index is 12.7. The van der Waals surface area contributed by atoms with Crippen LogP contribution in [0.2, 0.25) is 0 Å². The fraction of sp³-hybridized carbons (Fsp3) is 0.119. The van der Waals surface area contributed by atoms with Gasteiger partial charge in [-0.15, -0.1) is 0 Å². The van der Waals surface area contributed by atoms with Gasteiger partial charge in [0.1, 0.15) is 41.2 Å². The van der Waals surface area contributed by atoms with Crippen LogP contribution in [0, 0.1) is 0 Å². The monoisotopic (exact) mass is 1090 g/mol. The highest BCUT2D eigenvalue weighted by Crippen LogP contribution is 2.57. The Bertz CT molecular complexity index is 4140. The van der Waals surface area contributed by atoms with Crippen LogP contribution in [-0.2, 0) is 10.3 Å². The van der Waals surface area contributed by atoms with E-state index in [0.29, 0.717) is 50.9 Å². The number of hydrogen-bond acceptors (Lipinski definition) is 12. The fourth-order valence-electron chi connectivity index (χ4n) is 10.7. The maximum Gasteiger partial charge on any atom is 0.340 e. The minimum absolute atomic E-state index is 0. The van der Waals surface area contributed by atoms with E-state index in [-0.39, 0.29) is 24.5 Å². The molecule has 2 aliphatic carbocycles. The highest BCUT2D eigenvalue weighted by molar-refractivity contribution is 6.09. The predicted octanol–water partition coefficient (Wildman–Crippen LogP) is 12.0. The third-order valence-corrected chi connectivity index (χ3v) is 14.7. The molecular weight excluding hydrogens is 1030 g/mol. The van der Waals surface area contributed by atoms with Gasteiger partial charge in [-0.25, -0.2) is 19.4 Å². The van der Waals surface area contributed by atoms with Crippen LogP contribution < -0.4 is 41.7 Å². The van der Waals surface area contributed by atoms with Crippen molar-refractivity contribution < 1.29 is 47.9 Å². The fourth-order valence-corrected chi connectivity index (χ4v) is 10.7. The first-order valence-electron chi connectivity index (χ1n) is 26.0. The van der Waals surface area contributed by atoms with Crippen LogP contribution in [0.3, 0.4) is 0 Å². The lowest BCUT2D eigenvalue weighted by Crippen LogP contribution is -2.71. The average Bonchev–Trinajstić information content (AvgIpc) is 2.53. The van der Waals surface area contributed by atoms with Gasteiger partial charge in [-0.3, -0.25) is 4.99 Å². The zero-order valence-corrected chi connectivity index (χ0v) is 45.0. The topological polar surface area (TPSA) is 211 Å². The number of benzene rings is 9. The Morgan fingerprint density at radius 1 is 0.500 bits per heavy atom. The molecule has 0 aromatic heterocycles. The van der Waals surface area contributed by atoms with Gasteiger partial charge in [0, 0.05) is 144 Å². The Hall–Kier alpha value is -10.7. The second-order valence-corrected chi connectivity index (χ2v) is 19.1. The molecule has 0 saturated heterocycles. The number of ether oxygens (including phenoxy) is 2. The van der Waals surface area contributed by atoms with Crippen molar-refractivity contribution in [3.8, 4) is 56.4 Å². The Morgan fingerprint density at radius 2 is 0.951 bits per heavy atom. The van der Waals surface area contributed by atoms with Gasteiger partial charge >= 0.3 is 17.9 Å². The Morgan fingerprint density at radius 3 is 1.44 bits per heavy atom. The van der Waals surface area contributed by atoms with E-state index in [0.717, 1.165) is 83.2 Å². The van der Waals surface area contributed by atoms with E-state index in [1.807, 2.05) is 193 Å². The number of carbonyl (C=O) groups excluding carboxylic acids is 1. The lowest BCUT2D eigenvalue weighted by Gasteiger charge is -2.36. The third-order valence-electron chi connectivity index (χ3n) is 14.7. The normalized spacial score (nSPS) is 12.8. The van der Waals surface area contributed by atoms with Gasteiger partial charge in [0.15, 0.2) is 5.60 Å². The zero-order valence-electron chi connectivity index (χ0n) is 45.0.